The van der Waals surface area contributed by atoms with Crippen molar-refractivity contribution in [2.75, 3.05) is 6.54 Å². The molecule has 0 aromatic carbocycles. The van der Waals surface area contributed by atoms with Gasteiger partial charge in [-0.25, -0.2) is 0 Å². The maximum absolute atomic E-state index is 4.28. The Morgan fingerprint density at radius 2 is 2.29 bits per heavy atom. The molecular formula is C12H20N2. The van der Waals surface area contributed by atoms with Gasteiger partial charge < -0.3 is 5.32 Å². The average molecular weight is 192 g/mol. The van der Waals surface area contributed by atoms with E-state index in [1.54, 1.807) is 0 Å². The van der Waals surface area contributed by atoms with Crippen LogP contribution in [0.1, 0.15) is 32.4 Å². The zero-order valence-electron chi connectivity index (χ0n) is 9.16. The minimum absolute atomic E-state index is 0.628. The largest absolute Gasteiger partial charge is 0.314 e. The van der Waals surface area contributed by atoms with Crippen LogP contribution in [0.2, 0.25) is 0 Å². The lowest BCUT2D eigenvalue weighted by Crippen LogP contribution is -2.27. The summed E-state index contributed by atoms with van der Waals surface area (Å²) >= 11 is 0. The van der Waals surface area contributed by atoms with E-state index in [0.29, 0.717) is 6.04 Å². The first kappa shape index (κ1) is 11.2. The van der Waals surface area contributed by atoms with E-state index in [1.165, 1.54) is 18.5 Å². The van der Waals surface area contributed by atoms with Gasteiger partial charge in [-0.1, -0.05) is 19.4 Å². The summed E-state index contributed by atoms with van der Waals surface area (Å²) in [6, 6.07) is 6.70. The smallest absolute Gasteiger partial charge is 0.0416 e. The molecule has 0 aliphatic rings. The highest BCUT2D eigenvalue weighted by atomic mass is 14.9. The monoisotopic (exact) mass is 192 g/mol. The Bertz CT molecular complexity index is 233. The number of rotatable bonds is 6. The molecular weight excluding hydrogens is 172 g/mol. The summed E-state index contributed by atoms with van der Waals surface area (Å²) in [4.78, 5) is 4.28. The molecule has 2 nitrogen and oxygen atoms in total. The van der Waals surface area contributed by atoms with Crippen LogP contribution in [0, 0.1) is 0 Å². The molecule has 1 rings (SSSR count). The molecule has 0 aliphatic heterocycles. The minimum Gasteiger partial charge on any atom is -0.314 e. The number of nitrogens with zero attached hydrogens (tertiary/aromatic N) is 1. The van der Waals surface area contributed by atoms with Crippen molar-refractivity contribution >= 4 is 0 Å². The summed E-state index contributed by atoms with van der Waals surface area (Å²) in [6.45, 7) is 5.48. The van der Waals surface area contributed by atoms with E-state index >= 15 is 0 Å². The normalized spacial score (nSPS) is 12.7. The van der Waals surface area contributed by atoms with E-state index in [2.05, 4.69) is 30.2 Å². The van der Waals surface area contributed by atoms with Gasteiger partial charge in [-0.2, -0.15) is 0 Å². The molecule has 0 fully saturated rings. The standard InChI is InChI=1S/C12H20N2/c1-3-6-11(2)13-10-8-12-7-4-5-9-14-12/h4-5,7,9,11,13H,3,6,8,10H2,1-2H3. The minimum atomic E-state index is 0.628. The molecule has 0 aliphatic carbocycles. The van der Waals surface area contributed by atoms with Crippen LogP contribution >= 0.6 is 0 Å². The SMILES string of the molecule is CCCC(C)NCCc1ccccn1. The molecule has 1 unspecified atom stereocenters. The zero-order valence-corrected chi connectivity index (χ0v) is 9.16. The number of hydrogen-bond donors (Lipinski definition) is 1. The third-order valence-electron chi connectivity index (χ3n) is 2.32. The molecule has 0 saturated heterocycles. The maximum atomic E-state index is 4.28. The van der Waals surface area contributed by atoms with E-state index in [1.807, 2.05) is 18.3 Å². The Morgan fingerprint density at radius 1 is 1.43 bits per heavy atom. The Hall–Kier alpha value is -0.890. The molecule has 1 aromatic heterocycles. The maximum Gasteiger partial charge on any atom is 0.0416 e. The molecule has 0 radical (unpaired) electrons. The summed E-state index contributed by atoms with van der Waals surface area (Å²) in [5, 5.41) is 3.49. The van der Waals surface area contributed by atoms with Gasteiger partial charge in [-0.3, -0.25) is 4.98 Å². The Labute approximate surface area is 86.8 Å². The van der Waals surface area contributed by atoms with E-state index < -0.39 is 0 Å². The Balaban J connectivity index is 2.16. The van der Waals surface area contributed by atoms with E-state index in [0.717, 1.165) is 13.0 Å². The quantitative estimate of drug-likeness (QED) is 0.748. The van der Waals surface area contributed by atoms with Gasteiger partial charge in [0.15, 0.2) is 0 Å². The van der Waals surface area contributed by atoms with Crippen molar-refractivity contribution in [1.82, 2.24) is 10.3 Å². The fourth-order valence-corrected chi connectivity index (χ4v) is 1.53. The Kier molecular flexibility index (Phi) is 5.23. The van der Waals surface area contributed by atoms with Crippen LogP contribution in [0.15, 0.2) is 24.4 Å². The van der Waals surface area contributed by atoms with Crippen LogP contribution in [0.5, 0.6) is 0 Å². The molecule has 0 amide bonds. The second-order valence-corrected chi connectivity index (χ2v) is 3.71. The van der Waals surface area contributed by atoms with Gasteiger partial charge in [0.2, 0.25) is 0 Å². The van der Waals surface area contributed by atoms with Crippen molar-refractivity contribution in [2.45, 2.75) is 39.2 Å². The molecule has 0 spiro atoms. The van der Waals surface area contributed by atoms with Crippen molar-refractivity contribution in [3.63, 3.8) is 0 Å². The third-order valence-corrected chi connectivity index (χ3v) is 2.32. The first-order valence-electron chi connectivity index (χ1n) is 5.46. The van der Waals surface area contributed by atoms with Crippen molar-refractivity contribution in [3.8, 4) is 0 Å². The average Bonchev–Trinajstić information content (AvgIpc) is 2.20. The van der Waals surface area contributed by atoms with Crippen molar-refractivity contribution in [2.24, 2.45) is 0 Å². The highest BCUT2D eigenvalue weighted by molar-refractivity contribution is 5.03. The van der Waals surface area contributed by atoms with Gasteiger partial charge in [0.25, 0.3) is 0 Å². The highest BCUT2D eigenvalue weighted by Crippen LogP contribution is 1.96. The predicted octanol–water partition coefficient (Wildman–Crippen LogP) is 2.40. The van der Waals surface area contributed by atoms with Crippen LogP contribution in [0.4, 0.5) is 0 Å². The highest BCUT2D eigenvalue weighted by Gasteiger charge is 1.99. The molecule has 14 heavy (non-hydrogen) atoms. The van der Waals surface area contributed by atoms with Gasteiger partial charge in [0.1, 0.15) is 0 Å². The topological polar surface area (TPSA) is 24.9 Å². The predicted molar refractivity (Wildman–Crippen MR) is 60.3 cm³/mol. The number of nitrogens with one attached hydrogen (secondary N) is 1. The second kappa shape index (κ2) is 6.55. The van der Waals surface area contributed by atoms with Gasteiger partial charge in [-0.05, 0) is 25.5 Å². The van der Waals surface area contributed by atoms with Gasteiger partial charge in [0, 0.05) is 30.9 Å². The van der Waals surface area contributed by atoms with Crippen LogP contribution < -0.4 is 5.32 Å². The van der Waals surface area contributed by atoms with Crippen molar-refractivity contribution in [3.05, 3.63) is 30.1 Å². The molecule has 0 bridgehead atoms. The van der Waals surface area contributed by atoms with E-state index in [4.69, 9.17) is 0 Å². The number of aromatic nitrogens is 1. The lowest BCUT2D eigenvalue weighted by atomic mass is 10.2. The number of hydrogen-bond acceptors (Lipinski definition) is 2. The first-order valence-corrected chi connectivity index (χ1v) is 5.46. The van der Waals surface area contributed by atoms with Crippen molar-refractivity contribution < 1.29 is 0 Å². The molecule has 1 aromatic rings. The molecule has 2 heteroatoms. The van der Waals surface area contributed by atoms with Crippen LogP contribution in [0.3, 0.4) is 0 Å². The van der Waals surface area contributed by atoms with Crippen LogP contribution in [-0.2, 0) is 6.42 Å². The Morgan fingerprint density at radius 3 is 2.93 bits per heavy atom. The fourth-order valence-electron chi connectivity index (χ4n) is 1.53. The summed E-state index contributed by atoms with van der Waals surface area (Å²) < 4.78 is 0. The lowest BCUT2D eigenvalue weighted by Gasteiger charge is -2.11. The van der Waals surface area contributed by atoms with Crippen molar-refractivity contribution in [1.29, 1.82) is 0 Å². The molecule has 1 heterocycles. The summed E-state index contributed by atoms with van der Waals surface area (Å²) in [5.74, 6) is 0. The molecule has 1 N–H and O–H groups in total. The third kappa shape index (κ3) is 4.38. The molecule has 0 saturated carbocycles. The summed E-state index contributed by atoms with van der Waals surface area (Å²) in [5.41, 5.74) is 1.17. The molecule has 1 atom stereocenters. The van der Waals surface area contributed by atoms with E-state index in [-0.39, 0.29) is 0 Å². The van der Waals surface area contributed by atoms with Gasteiger partial charge in [0.05, 0.1) is 0 Å². The fraction of sp³-hybridized carbons (Fsp3) is 0.583. The first-order chi connectivity index (χ1) is 6.83. The van der Waals surface area contributed by atoms with Gasteiger partial charge >= 0.3 is 0 Å². The zero-order chi connectivity index (χ0) is 10.2. The van der Waals surface area contributed by atoms with E-state index in [9.17, 15) is 0 Å². The van der Waals surface area contributed by atoms with Crippen LogP contribution in [-0.4, -0.2) is 17.6 Å². The second-order valence-electron chi connectivity index (χ2n) is 3.71. The summed E-state index contributed by atoms with van der Waals surface area (Å²) in [6.07, 6.45) is 5.37. The lowest BCUT2D eigenvalue weighted by molar-refractivity contribution is 0.510. The molecule has 78 valence electrons. The number of pyridine rings is 1. The summed E-state index contributed by atoms with van der Waals surface area (Å²) in [7, 11) is 0. The van der Waals surface area contributed by atoms with Crippen LogP contribution in [0.25, 0.3) is 0 Å². The van der Waals surface area contributed by atoms with Gasteiger partial charge in [-0.15, -0.1) is 0 Å².